The van der Waals surface area contributed by atoms with Crippen molar-refractivity contribution in [2.45, 2.75) is 6.92 Å². The van der Waals surface area contributed by atoms with E-state index in [4.69, 9.17) is 9.47 Å². The van der Waals surface area contributed by atoms with Crippen molar-refractivity contribution in [1.29, 1.82) is 5.26 Å². The van der Waals surface area contributed by atoms with E-state index in [1.165, 1.54) is 14.2 Å². The molecule has 7 heteroatoms. The van der Waals surface area contributed by atoms with Crippen molar-refractivity contribution in [2.24, 2.45) is 0 Å². The fourth-order valence-electron chi connectivity index (χ4n) is 2.91. The first kappa shape index (κ1) is 20.0. The first-order chi connectivity index (χ1) is 14.0. The summed E-state index contributed by atoms with van der Waals surface area (Å²) in [6, 6.07) is 14.9. The molecular formula is C22H22N4O3. The Morgan fingerprint density at radius 3 is 2.45 bits per heavy atom. The Balaban J connectivity index is 1.64. The zero-order chi connectivity index (χ0) is 20.8. The van der Waals surface area contributed by atoms with Crippen LogP contribution in [0.25, 0.3) is 10.9 Å². The van der Waals surface area contributed by atoms with Crippen LogP contribution in [0.15, 0.2) is 42.5 Å². The van der Waals surface area contributed by atoms with Crippen LogP contribution < -0.4 is 20.1 Å². The van der Waals surface area contributed by atoms with E-state index in [1.54, 1.807) is 18.2 Å². The first-order valence-corrected chi connectivity index (χ1v) is 9.10. The monoisotopic (exact) mass is 390 g/mol. The third-order valence-corrected chi connectivity index (χ3v) is 4.41. The maximum absolute atomic E-state index is 12.4. The van der Waals surface area contributed by atoms with Gasteiger partial charge in [0, 0.05) is 30.1 Å². The highest BCUT2D eigenvalue weighted by molar-refractivity contribution is 5.95. The molecule has 1 amide bonds. The Labute approximate surface area is 169 Å². The number of carbonyl (C=O) groups is 1. The van der Waals surface area contributed by atoms with Crippen LogP contribution in [0, 0.1) is 18.3 Å². The second kappa shape index (κ2) is 8.93. The van der Waals surface area contributed by atoms with Crippen LogP contribution in [-0.4, -0.2) is 38.2 Å². The first-order valence-electron chi connectivity index (χ1n) is 9.10. The Morgan fingerprint density at radius 1 is 1.07 bits per heavy atom. The van der Waals surface area contributed by atoms with Crippen molar-refractivity contribution in [2.75, 3.05) is 32.6 Å². The van der Waals surface area contributed by atoms with Crippen molar-refractivity contribution >= 4 is 22.6 Å². The smallest absolute Gasteiger partial charge is 0.251 e. The number of anilines is 1. The highest BCUT2D eigenvalue weighted by Crippen LogP contribution is 2.23. The van der Waals surface area contributed by atoms with E-state index in [2.05, 4.69) is 21.7 Å². The molecule has 0 aliphatic carbocycles. The molecule has 0 saturated carbocycles. The van der Waals surface area contributed by atoms with E-state index < -0.39 is 0 Å². The van der Waals surface area contributed by atoms with Gasteiger partial charge in [0.2, 0.25) is 0 Å². The highest BCUT2D eigenvalue weighted by atomic mass is 16.5. The number of hydrogen-bond donors (Lipinski definition) is 2. The van der Waals surface area contributed by atoms with Gasteiger partial charge in [0.15, 0.2) is 0 Å². The van der Waals surface area contributed by atoms with Crippen molar-refractivity contribution in [3.63, 3.8) is 0 Å². The number of hydrogen-bond acceptors (Lipinski definition) is 6. The van der Waals surface area contributed by atoms with Gasteiger partial charge in [-0.1, -0.05) is 11.6 Å². The van der Waals surface area contributed by atoms with Gasteiger partial charge in [0.05, 0.1) is 25.3 Å². The van der Waals surface area contributed by atoms with E-state index in [1.807, 2.05) is 31.2 Å². The van der Waals surface area contributed by atoms with Crippen molar-refractivity contribution in [3.05, 3.63) is 59.2 Å². The largest absolute Gasteiger partial charge is 0.497 e. The molecule has 0 saturated heterocycles. The lowest BCUT2D eigenvalue weighted by atomic mass is 10.1. The van der Waals surface area contributed by atoms with Gasteiger partial charge in [-0.2, -0.15) is 5.26 Å². The minimum absolute atomic E-state index is 0.244. The molecule has 2 aromatic carbocycles. The summed E-state index contributed by atoms with van der Waals surface area (Å²) in [5.74, 6) is 1.34. The molecule has 0 unspecified atom stereocenters. The zero-order valence-electron chi connectivity index (χ0n) is 16.6. The van der Waals surface area contributed by atoms with E-state index in [9.17, 15) is 10.1 Å². The van der Waals surface area contributed by atoms with Crippen LogP contribution in [0.3, 0.4) is 0 Å². The summed E-state index contributed by atoms with van der Waals surface area (Å²) in [6.45, 7) is 2.78. The number of nitrogens with zero attached hydrogens (tertiary/aromatic N) is 2. The third kappa shape index (κ3) is 4.74. The summed E-state index contributed by atoms with van der Waals surface area (Å²) in [6.07, 6.45) is 0. The molecule has 0 atom stereocenters. The van der Waals surface area contributed by atoms with Crippen LogP contribution in [0.1, 0.15) is 21.5 Å². The summed E-state index contributed by atoms with van der Waals surface area (Å²) in [5.41, 5.74) is 2.83. The number of fused-ring (bicyclic) bond motifs is 1. The molecule has 3 aromatic rings. The molecule has 7 nitrogen and oxygen atoms in total. The number of amides is 1. The molecule has 3 rings (SSSR count). The molecule has 1 heterocycles. The van der Waals surface area contributed by atoms with Crippen LogP contribution in [0.4, 0.5) is 5.82 Å². The molecule has 0 radical (unpaired) electrons. The standard InChI is InChI=1S/C22H22N4O3/c1-14-4-5-20-15(8-14)9-17(13-23)21(26-20)24-6-7-25-22(27)16-10-18(28-2)12-19(11-16)29-3/h4-5,8-12H,6-7H2,1-3H3,(H,24,26)(H,25,27). The van der Waals surface area contributed by atoms with Crippen molar-refractivity contribution in [3.8, 4) is 17.6 Å². The van der Waals surface area contributed by atoms with Gasteiger partial charge < -0.3 is 20.1 Å². The molecule has 29 heavy (non-hydrogen) atoms. The Kier molecular flexibility index (Phi) is 6.15. The van der Waals surface area contributed by atoms with Gasteiger partial charge in [0.1, 0.15) is 23.4 Å². The number of aromatic nitrogens is 1. The van der Waals surface area contributed by atoms with Crippen LogP contribution in [0.2, 0.25) is 0 Å². The van der Waals surface area contributed by atoms with Gasteiger partial charge >= 0.3 is 0 Å². The van der Waals surface area contributed by atoms with E-state index in [-0.39, 0.29) is 5.91 Å². The fraction of sp³-hybridized carbons (Fsp3) is 0.227. The number of ether oxygens (including phenoxy) is 2. The summed E-state index contributed by atoms with van der Waals surface area (Å²) in [4.78, 5) is 16.9. The van der Waals surface area contributed by atoms with Crippen LogP contribution >= 0.6 is 0 Å². The lowest BCUT2D eigenvalue weighted by molar-refractivity contribution is 0.0954. The normalized spacial score (nSPS) is 10.3. The zero-order valence-corrected chi connectivity index (χ0v) is 16.6. The van der Waals surface area contributed by atoms with Gasteiger partial charge in [-0.3, -0.25) is 4.79 Å². The number of benzene rings is 2. The third-order valence-electron chi connectivity index (χ3n) is 4.41. The molecule has 0 spiro atoms. The average Bonchev–Trinajstić information content (AvgIpc) is 2.75. The number of methoxy groups -OCH3 is 2. The summed E-state index contributed by atoms with van der Waals surface area (Å²) < 4.78 is 10.4. The van der Waals surface area contributed by atoms with Gasteiger partial charge in [-0.25, -0.2) is 4.98 Å². The molecular weight excluding hydrogens is 368 g/mol. The quantitative estimate of drug-likeness (QED) is 0.601. The Morgan fingerprint density at radius 2 is 1.79 bits per heavy atom. The SMILES string of the molecule is COc1cc(OC)cc(C(=O)NCCNc2nc3ccc(C)cc3cc2C#N)c1. The Hall–Kier alpha value is -3.79. The fourth-order valence-corrected chi connectivity index (χ4v) is 2.91. The lowest BCUT2D eigenvalue weighted by Gasteiger charge is -2.11. The molecule has 0 aliphatic heterocycles. The minimum Gasteiger partial charge on any atom is -0.497 e. The van der Waals surface area contributed by atoms with Crippen molar-refractivity contribution < 1.29 is 14.3 Å². The maximum Gasteiger partial charge on any atom is 0.251 e. The molecule has 0 fully saturated rings. The Bertz CT molecular complexity index is 1070. The molecule has 0 aliphatic rings. The summed E-state index contributed by atoms with van der Waals surface area (Å²) in [7, 11) is 3.07. The van der Waals surface area contributed by atoms with Crippen LogP contribution in [-0.2, 0) is 0 Å². The number of carbonyl (C=O) groups excluding carboxylic acids is 1. The van der Waals surface area contributed by atoms with Gasteiger partial charge in [0.25, 0.3) is 5.91 Å². The summed E-state index contributed by atoms with van der Waals surface area (Å²) >= 11 is 0. The second-order valence-electron chi connectivity index (χ2n) is 6.48. The van der Waals surface area contributed by atoms with E-state index in [0.717, 1.165) is 16.5 Å². The molecule has 0 bridgehead atoms. The minimum atomic E-state index is -0.244. The van der Waals surface area contributed by atoms with E-state index >= 15 is 0 Å². The number of aryl methyl sites for hydroxylation is 1. The maximum atomic E-state index is 12.4. The highest BCUT2D eigenvalue weighted by Gasteiger charge is 2.10. The summed E-state index contributed by atoms with van der Waals surface area (Å²) in [5, 5.41) is 16.3. The van der Waals surface area contributed by atoms with Crippen LogP contribution in [0.5, 0.6) is 11.5 Å². The topological polar surface area (TPSA) is 96.3 Å². The number of nitrogens with one attached hydrogen (secondary N) is 2. The number of rotatable bonds is 7. The van der Waals surface area contributed by atoms with Crippen molar-refractivity contribution in [1.82, 2.24) is 10.3 Å². The second-order valence-corrected chi connectivity index (χ2v) is 6.48. The van der Waals surface area contributed by atoms with E-state index in [0.29, 0.717) is 41.5 Å². The number of pyridine rings is 1. The molecule has 1 aromatic heterocycles. The average molecular weight is 390 g/mol. The molecule has 2 N–H and O–H groups in total. The van der Waals surface area contributed by atoms with Gasteiger partial charge in [-0.05, 0) is 37.3 Å². The predicted molar refractivity (Wildman–Crippen MR) is 112 cm³/mol. The number of nitriles is 1. The molecule has 148 valence electrons. The predicted octanol–water partition coefficient (Wildman–Crippen LogP) is 3.27. The lowest BCUT2D eigenvalue weighted by Crippen LogP contribution is -2.29. The van der Waals surface area contributed by atoms with Gasteiger partial charge in [-0.15, -0.1) is 0 Å².